The molecule has 5 atom stereocenters. The minimum absolute atomic E-state index is 0.00228. The lowest BCUT2D eigenvalue weighted by Crippen LogP contribution is -2.53. The fourth-order valence-corrected chi connectivity index (χ4v) is 7.66. The van der Waals surface area contributed by atoms with Gasteiger partial charge < -0.3 is 15.5 Å². The third kappa shape index (κ3) is 5.15. The van der Waals surface area contributed by atoms with Crippen LogP contribution in [0.2, 0.25) is 0 Å². The molecule has 0 spiro atoms. The van der Waals surface area contributed by atoms with E-state index in [1.807, 2.05) is 48.5 Å². The van der Waals surface area contributed by atoms with Gasteiger partial charge in [0, 0.05) is 29.1 Å². The molecule has 3 unspecified atom stereocenters. The van der Waals surface area contributed by atoms with Crippen molar-refractivity contribution in [2.45, 2.75) is 63.2 Å². The fourth-order valence-electron chi connectivity index (χ4n) is 6.69. The molecule has 9 heteroatoms. The number of hydrogen-bond acceptors (Lipinski definition) is 6. The van der Waals surface area contributed by atoms with Crippen LogP contribution in [0.3, 0.4) is 0 Å². The molecule has 7 nitrogen and oxygen atoms in total. The number of para-hydroxylation sites is 1. The lowest BCUT2D eigenvalue weighted by Gasteiger charge is -2.47. The van der Waals surface area contributed by atoms with E-state index in [0.717, 1.165) is 65.0 Å². The number of amides is 2. The summed E-state index contributed by atoms with van der Waals surface area (Å²) in [5.74, 6) is 0.172. The second kappa shape index (κ2) is 10.7. The lowest BCUT2D eigenvalue weighted by atomic mass is 9.60. The highest BCUT2D eigenvalue weighted by Crippen LogP contribution is 2.49. The zero-order valence-electron chi connectivity index (χ0n) is 21.7. The molecule has 1 saturated heterocycles. The summed E-state index contributed by atoms with van der Waals surface area (Å²) in [6.45, 7) is 0.101. The van der Waals surface area contributed by atoms with Gasteiger partial charge in [-0.15, -0.1) is 11.3 Å². The van der Waals surface area contributed by atoms with Crippen molar-refractivity contribution in [2.24, 2.45) is 11.3 Å². The van der Waals surface area contributed by atoms with Gasteiger partial charge >= 0.3 is 0 Å². The number of hydrogen-bond donors (Lipinski definition) is 2. The van der Waals surface area contributed by atoms with E-state index in [0.29, 0.717) is 5.92 Å². The number of nitrogens with one attached hydrogen (secondary N) is 2. The van der Waals surface area contributed by atoms with Crippen LogP contribution >= 0.6 is 11.3 Å². The van der Waals surface area contributed by atoms with E-state index in [9.17, 15) is 19.2 Å². The van der Waals surface area contributed by atoms with Gasteiger partial charge in [-0.25, -0.2) is 9.37 Å². The number of benzene rings is 2. The molecule has 39 heavy (non-hydrogen) atoms. The summed E-state index contributed by atoms with van der Waals surface area (Å²) in [5, 5.41) is 16.8. The molecule has 3 aromatic rings. The molecule has 3 aliphatic rings. The van der Waals surface area contributed by atoms with Crippen LogP contribution in [0.1, 0.15) is 44.9 Å². The van der Waals surface area contributed by atoms with E-state index < -0.39 is 12.2 Å². The van der Waals surface area contributed by atoms with Gasteiger partial charge in [0.1, 0.15) is 17.2 Å². The van der Waals surface area contributed by atoms with Gasteiger partial charge in [-0.05, 0) is 74.4 Å². The van der Waals surface area contributed by atoms with Crippen LogP contribution in [-0.4, -0.2) is 53.0 Å². The highest BCUT2D eigenvalue weighted by Gasteiger charge is 2.48. The van der Waals surface area contributed by atoms with Gasteiger partial charge in [-0.1, -0.05) is 18.6 Å². The van der Waals surface area contributed by atoms with E-state index in [1.54, 1.807) is 11.3 Å². The van der Waals surface area contributed by atoms with Crippen LogP contribution in [-0.2, 0) is 9.59 Å². The average molecular weight is 546 g/mol. The monoisotopic (exact) mass is 545 g/mol. The van der Waals surface area contributed by atoms with Gasteiger partial charge in [0.15, 0.2) is 0 Å². The number of rotatable bonds is 6. The maximum absolute atomic E-state index is 13.7. The second-order valence-corrected chi connectivity index (χ2v) is 12.2. The maximum Gasteiger partial charge on any atom is 0.237 e. The molecule has 3 fully saturated rings. The van der Waals surface area contributed by atoms with E-state index in [1.165, 1.54) is 4.90 Å². The SMILES string of the molecule is N#C[C@@H]1C[C@H](F)CN1C(=O)CNC1CCC2(C(=O)Nc3ccc(-c4nc5ccccc5s4)cc3)CCCC1C2. The molecule has 6 rings (SSSR count). The number of fused-ring (bicyclic) bond motifs is 3. The molecule has 2 saturated carbocycles. The molecule has 202 valence electrons. The summed E-state index contributed by atoms with van der Waals surface area (Å²) in [7, 11) is 0. The number of anilines is 1. The molecule has 1 aliphatic heterocycles. The third-order valence-corrected chi connectivity index (χ3v) is 9.87. The standard InChI is InChI=1S/C30H32FN5O2S/c31-21-14-23(16-32)36(18-21)27(37)17-33-24-11-13-30(12-3-4-20(24)15-30)29(38)34-22-9-7-19(8-10-22)28-35-25-5-1-2-6-26(25)39-28/h1-2,5-10,20-21,23-24,33H,3-4,11-15,17-18H2,(H,34,38)/t20?,21-,23-,24?,30?/m0/s1. The molecular formula is C30H32FN5O2S. The number of nitriles is 1. The van der Waals surface area contributed by atoms with Crippen molar-refractivity contribution in [1.29, 1.82) is 5.26 Å². The number of halogens is 1. The number of aromatic nitrogens is 1. The number of alkyl halides is 1. The summed E-state index contributed by atoms with van der Waals surface area (Å²) in [6, 6.07) is 17.5. The van der Waals surface area contributed by atoms with Crippen molar-refractivity contribution in [2.75, 3.05) is 18.4 Å². The number of thiazole rings is 1. The first-order valence-electron chi connectivity index (χ1n) is 13.8. The summed E-state index contributed by atoms with van der Waals surface area (Å²) in [4.78, 5) is 32.3. The minimum atomic E-state index is -1.13. The average Bonchev–Trinajstić information content (AvgIpc) is 3.56. The summed E-state index contributed by atoms with van der Waals surface area (Å²) < 4.78 is 14.9. The van der Waals surface area contributed by atoms with E-state index >= 15 is 0 Å². The van der Waals surface area contributed by atoms with Crippen LogP contribution in [0, 0.1) is 22.7 Å². The number of carbonyl (C=O) groups is 2. The Morgan fingerprint density at radius 2 is 1.97 bits per heavy atom. The third-order valence-electron chi connectivity index (χ3n) is 8.79. The van der Waals surface area contributed by atoms with Crippen LogP contribution in [0.5, 0.6) is 0 Å². The number of likely N-dealkylation sites (tertiary alicyclic amines) is 1. The van der Waals surface area contributed by atoms with Gasteiger partial charge in [0.05, 0.1) is 29.4 Å². The molecule has 2 aliphatic carbocycles. The van der Waals surface area contributed by atoms with Crippen molar-refractivity contribution in [1.82, 2.24) is 15.2 Å². The largest absolute Gasteiger partial charge is 0.326 e. The first-order chi connectivity index (χ1) is 18.9. The van der Waals surface area contributed by atoms with Gasteiger partial charge in [0.25, 0.3) is 0 Å². The zero-order valence-corrected chi connectivity index (χ0v) is 22.6. The highest BCUT2D eigenvalue weighted by atomic mass is 32.1. The Kier molecular flexibility index (Phi) is 7.08. The van der Waals surface area contributed by atoms with E-state index in [2.05, 4.69) is 16.7 Å². The Morgan fingerprint density at radius 1 is 1.15 bits per heavy atom. The quantitative estimate of drug-likeness (QED) is 0.439. The summed E-state index contributed by atoms with van der Waals surface area (Å²) >= 11 is 1.66. The van der Waals surface area contributed by atoms with Crippen LogP contribution in [0.15, 0.2) is 48.5 Å². The van der Waals surface area contributed by atoms with Crippen LogP contribution in [0.25, 0.3) is 20.8 Å². The van der Waals surface area contributed by atoms with E-state index in [4.69, 9.17) is 4.98 Å². The molecule has 2 N–H and O–H groups in total. The Balaban J connectivity index is 1.06. The fraction of sp³-hybridized carbons (Fsp3) is 0.467. The van der Waals surface area contributed by atoms with E-state index in [-0.39, 0.29) is 42.8 Å². The normalized spacial score (nSPS) is 28.3. The second-order valence-electron chi connectivity index (χ2n) is 11.2. The smallest absolute Gasteiger partial charge is 0.237 e. The Hall–Kier alpha value is -3.35. The first kappa shape index (κ1) is 25.9. The Bertz CT molecular complexity index is 1390. The van der Waals surface area contributed by atoms with Crippen molar-refractivity contribution in [3.8, 4) is 16.6 Å². The van der Waals surface area contributed by atoms with Crippen molar-refractivity contribution in [3.63, 3.8) is 0 Å². The lowest BCUT2D eigenvalue weighted by molar-refractivity contribution is -0.133. The molecule has 2 amide bonds. The first-order valence-corrected chi connectivity index (χ1v) is 14.6. The molecule has 1 aromatic heterocycles. The molecule has 2 heterocycles. The summed E-state index contributed by atoms with van der Waals surface area (Å²) in [5.41, 5.74) is 2.42. The van der Waals surface area contributed by atoms with Gasteiger partial charge in [0.2, 0.25) is 11.8 Å². The maximum atomic E-state index is 13.7. The molecule has 0 radical (unpaired) electrons. The molecule has 2 aromatic carbocycles. The number of nitrogens with zero attached hydrogens (tertiary/aromatic N) is 3. The van der Waals surface area contributed by atoms with Crippen LogP contribution < -0.4 is 10.6 Å². The number of carbonyl (C=O) groups excluding carboxylic acids is 2. The zero-order chi connectivity index (χ0) is 27.0. The Labute approximate surface area is 231 Å². The topological polar surface area (TPSA) is 98.1 Å². The van der Waals surface area contributed by atoms with Gasteiger partial charge in [-0.3, -0.25) is 9.59 Å². The molecular weight excluding hydrogens is 513 g/mol. The van der Waals surface area contributed by atoms with Crippen molar-refractivity contribution >= 4 is 39.1 Å². The predicted octanol–water partition coefficient (Wildman–Crippen LogP) is 5.29. The molecule has 2 bridgehead atoms. The Morgan fingerprint density at radius 3 is 2.77 bits per heavy atom. The predicted molar refractivity (Wildman–Crippen MR) is 150 cm³/mol. The summed E-state index contributed by atoms with van der Waals surface area (Å²) in [6.07, 6.45) is 4.22. The van der Waals surface area contributed by atoms with Crippen molar-refractivity contribution in [3.05, 3.63) is 48.5 Å². The van der Waals surface area contributed by atoms with Gasteiger partial charge in [-0.2, -0.15) is 5.26 Å². The van der Waals surface area contributed by atoms with Crippen LogP contribution in [0.4, 0.5) is 10.1 Å². The highest BCUT2D eigenvalue weighted by molar-refractivity contribution is 7.21. The minimum Gasteiger partial charge on any atom is -0.326 e. The van der Waals surface area contributed by atoms with Crippen molar-refractivity contribution < 1.29 is 14.0 Å².